The van der Waals surface area contributed by atoms with E-state index in [1.807, 2.05) is 0 Å². The van der Waals surface area contributed by atoms with Gasteiger partial charge in [-0.25, -0.2) is 0 Å². The van der Waals surface area contributed by atoms with Crippen LogP contribution in [-0.4, -0.2) is 35.8 Å². The summed E-state index contributed by atoms with van der Waals surface area (Å²) in [5.41, 5.74) is 11.2. The molecule has 0 aromatic carbocycles. The third kappa shape index (κ3) is 5.30. The SMILES string of the molecule is CC(C)(C)C(CCN)CCC(=O)N1CCCCC1C(N)=O. The van der Waals surface area contributed by atoms with E-state index >= 15 is 0 Å². The lowest BCUT2D eigenvalue weighted by Gasteiger charge is -2.35. The number of nitrogens with zero attached hydrogens (tertiary/aromatic N) is 1. The second kappa shape index (κ2) is 7.78. The number of carbonyl (C=O) groups is 2. The summed E-state index contributed by atoms with van der Waals surface area (Å²) in [6.45, 7) is 7.86. The lowest BCUT2D eigenvalue weighted by Crippen LogP contribution is -2.50. The van der Waals surface area contributed by atoms with Crippen molar-refractivity contribution in [2.75, 3.05) is 13.1 Å². The molecule has 1 rings (SSSR count). The van der Waals surface area contributed by atoms with Crippen molar-refractivity contribution < 1.29 is 9.59 Å². The van der Waals surface area contributed by atoms with Gasteiger partial charge in [-0.3, -0.25) is 9.59 Å². The standard InChI is InChI=1S/C16H31N3O2/c1-16(2,3)12(9-10-17)7-8-14(20)19-11-5-4-6-13(19)15(18)21/h12-13H,4-11,17H2,1-3H3,(H2,18,21). The minimum absolute atomic E-state index is 0.0600. The number of nitrogens with two attached hydrogens (primary N) is 2. The van der Waals surface area contributed by atoms with Gasteiger partial charge in [-0.05, 0) is 50.0 Å². The van der Waals surface area contributed by atoms with Crippen LogP contribution in [0.3, 0.4) is 0 Å². The number of amides is 2. The number of hydrogen-bond acceptors (Lipinski definition) is 3. The van der Waals surface area contributed by atoms with Crippen molar-refractivity contribution in [3.05, 3.63) is 0 Å². The highest BCUT2D eigenvalue weighted by Crippen LogP contribution is 2.32. The molecular weight excluding hydrogens is 266 g/mol. The van der Waals surface area contributed by atoms with Gasteiger partial charge in [-0.2, -0.15) is 0 Å². The van der Waals surface area contributed by atoms with Gasteiger partial charge in [0.25, 0.3) is 0 Å². The van der Waals surface area contributed by atoms with Gasteiger partial charge in [0.2, 0.25) is 11.8 Å². The fourth-order valence-electron chi connectivity index (χ4n) is 3.18. The average molecular weight is 297 g/mol. The van der Waals surface area contributed by atoms with Crippen LogP contribution in [-0.2, 0) is 9.59 Å². The maximum atomic E-state index is 12.4. The number of hydrogen-bond donors (Lipinski definition) is 2. The highest BCUT2D eigenvalue weighted by molar-refractivity contribution is 5.86. The zero-order valence-electron chi connectivity index (χ0n) is 13.7. The van der Waals surface area contributed by atoms with Gasteiger partial charge in [0.1, 0.15) is 6.04 Å². The molecule has 0 bridgehead atoms. The summed E-state index contributed by atoms with van der Waals surface area (Å²) in [4.78, 5) is 25.6. The fraction of sp³-hybridized carbons (Fsp3) is 0.875. The van der Waals surface area contributed by atoms with E-state index in [9.17, 15) is 9.59 Å². The van der Waals surface area contributed by atoms with Crippen molar-refractivity contribution in [1.29, 1.82) is 0 Å². The first-order chi connectivity index (χ1) is 9.77. The minimum atomic E-state index is -0.408. The molecule has 0 aliphatic carbocycles. The number of rotatable bonds is 6. The Bertz CT molecular complexity index is 363. The molecule has 0 radical (unpaired) electrons. The summed E-state index contributed by atoms with van der Waals surface area (Å²) < 4.78 is 0. The van der Waals surface area contributed by atoms with Crippen LogP contribution in [0, 0.1) is 11.3 Å². The van der Waals surface area contributed by atoms with Gasteiger partial charge >= 0.3 is 0 Å². The zero-order chi connectivity index (χ0) is 16.0. The van der Waals surface area contributed by atoms with Gasteiger partial charge in [0.05, 0.1) is 0 Å². The number of carbonyl (C=O) groups excluding carboxylic acids is 2. The van der Waals surface area contributed by atoms with Crippen molar-refractivity contribution in [1.82, 2.24) is 4.90 Å². The second-order valence-electron chi connectivity index (χ2n) is 7.18. The molecule has 2 amide bonds. The molecule has 1 heterocycles. The van der Waals surface area contributed by atoms with Crippen molar-refractivity contribution >= 4 is 11.8 Å². The van der Waals surface area contributed by atoms with E-state index in [1.54, 1.807) is 4.90 Å². The third-order valence-electron chi connectivity index (χ3n) is 4.60. The molecule has 0 aromatic rings. The molecule has 0 spiro atoms. The number of piperidine rings is 1. The lowest BCUT2D eigenvalue weighted by molar-refractivity contribution is -0.141. The van der Waals surface area contributed by atoms with Gasteiger partial charge in [-0.1, -0.05) is 20.8 Å². The van der Waals surface area contributed by atoms with Crippen LogP contribution in [0.1, 0.15) is 59.3 Å². The molecule has 1 aliphatic heterocycles. The quantitative estimate of drug-likeness (QED) is 0.781. The third-order valence-corrected chi connectivity index (χ3v) is 4.60. The van der Waals surface area contributed by atoms with E-state index in [0.717, 1.165) is 25.7 Å². The number of primary amides is 1. The van der Waals surface area contributed by atoms with E-state index < -0.39 is 6.04 Å². The number of likely N-dealkylation sites (tertiary alicyclic amines) is 1. The first kappa shape index (κ1) is 18.0. The Morgan fingerprint density at radius 1 is 1.24 bits per heavy atom. The second-order valence-corrected chi connectivity index (χ2v) is 7.18. The fourth-order valence-corrected chi connectivity index (χ4v) is 3.18. The van der Waals surface area contributed by atoms with Gasteiger partial charge in [0, 0.05) is 13.0 Å². The normalized spacial score (nSPS) is 21.1. The monoisotopic (exact) mass is 297 g/mol. The Hall–Kier alpha value is -1.10. The summed E-state index contributed by atoms with van der Waals surface area (Å²) in [7, 11) is 0. The van der Waals surface area contributed by atoms with E-state index in [4.69, 9.17) is 11.5 Å². The van der Waals surface area contributed by atoms with E-state index in [-0.39, 0.29) is 17.2 Å². The summed E-state index contributed by atoms with van der Waals surface area (Å²) in [6, 6.07) is -0.408. The molecule has 5 heteroatoms. The summed E-state index contributed by atoms with van der Waals surface area (Å²) >= 11 is 0. The van der Waals surface area contributed by atoms with Crippen LogP contribution >= 0.6 is 0 Å². The topological polar surface area (TPSA) is 89.4 Å². The van der Waals surface area contributed by atoms with Crippen molar-refractivity contribution in [2.24, 2.45) is 22.8 Å². The van der Waals surface area contributed by atoms with Crippen LogP contribution in [0.4, 0.5) is 0 Å². The van der Waals surface area contributed by atoms with E-state index in [1.165, 1.54) is 0 Å². The molecule has 2 atom stereocenters. The molecule has 1 saturated heterocycles. The van der Waals surface area contributed by atoms with E-state index in [0.29, 0.717) is 31.8 Å². The molecule has 1 fully saturated rings. The Balaban J connectivity index is 2.60. The summed E-state index contributed by atoms with van der Waals surface area (Å²) in [5, 5.41) is 0. The minimum Gasteiger partial charge on any atom is -0.368 e. The van der Waals surface area contributed by atoms with Crippen molar-refractivity contribution in [3.63, 3.8) is 0 Å². The van der Waals surface area contributed by atoms with Crippen molar-refractivity contribution in [2.45, 2.75) is 65.3 Å². The molecule has 122 valence electrons. The largest absolute Gasteiger partial charge is 0.368 e. The van der Waals surface area contributed by atoms with Gasteiger partial charge < -0.3 is 16.4 Å². The Morgan fingerprint density at radius 2 is 1.90 bits per heavy atom. The summed E-state index contributed by atoms with van der Waals surface area (Å²) in [5.74, 6) is 0.102. The van der Waals surface area contributed by atoms with Crippen LogP contribution in [0.5, 0.6) is 0 Å². The molecule has 1 aliphatic rings. The first-order valence-electron chi connectivity index (χ1n) is 8.06. The predicted octanol–water partition coefficient (Wildman–Crippen LogP) is 1.64. The predicted molar refractivity (Wildman–Crippen MR) is 84.4 cm³/mol. The molecule has 0 saturated carbocycles. The van der Waals surface area contributed by atoms with Crippen LogP contribution in [0.25, 0.3) is 0 Å². The maximum absolute atomic E-state index is 12.4. The van der Waals surface area contributed by atoms with Crippen LogP contribution < -0.4 is 11.5 Å². The zero-order valence-corrected chi connectivity index (χ0v) is 13.7. The van der Waals surface area contributed by atoms with Gasteiger partial charge in [0.15, 0.2) is 0 Å². The first-order valence-corrected chi connectivity index (χ1v) is 8.06. The van der Waals surface area contributed by atoms with E-state index in [2.05, 4.69) is 20.8 Å². The summed E-state index contributed by atoms with van der Waals surface area (Å²) in [6.07, 6.45) is 4.85. The van der Waals surface area contributed by atoms with Gasteiger partial charge in [-0.15, -0.1) is 0 Å². The average Bonchev–Trinajstić information content (AvgIpc) is 2.41. The molecule has 5 nitrogen and oxygen atoms in total. The molecular formula is C16H31N3O2. The lowest BCUT2D eigenvalue weighted by atomic mass is 9.76. The molecule has 0 aromatic heterocycles. The Kier molecular flexibility index (Phi) is 6.65. The molecule has 2 unspecified atom stereocenters. The Morgan fingerprint density at radius 3 is 2.43 bits per heavy atom. The molecule has 21 heavy (non-hydrogen) atoms. The van der Waals surface area contributed by atoms with Crippen LogP contribution in [0.2, 0.25) is 0 Å². The molecule has 4 N–H and O–H groups in total. The highest BCUT2D eigenvalue weighted by atomic mass is 16.2. The highest BCUT2D eigenvalue weighted by Gasteiger charge is 2.31. The van der Waals surface area contributed by atoms with Crippen LogP contribution in [0.15, 0.2) is 0 Å². The van der Waals surface area contributed by atoms with Crippen molar-refractivity contribution in [3.8, 4) is 0 Å². The smallest absolute Gasteiger partial charge is 0.240 e. The Labute approximate surface area is 128 Å². The maximum Gasteiger partial charge on any atom is 0.240 e.